The highest BCUT2D eigenvalue weighted by atomic mass is 32.2. The van der Waals surface area contributed by atoms with Gasteiger partial charge in [0.25, 0.3) is 10.2 Å². The molecule has 0 saturated carbocycles. The van der Waals surface area contributed by atoms with E-state index in [9.17, 15) is 8.42 Å². The van der Waals surface area contributed by atoms with E-state index >= 15 is 0 Å². The van der Waals surface area contributed by atoms with Crippen LogP contribution < -0.4 is 0 Å². The molecule has 1 heterocycles. The maximum absolute atomic E-state index is 11.4. The van der Waals surface area contributed by atoms with Gasteiger partial charge >= 0.3 is 0 Å². The van der Waals surface area contributed by atoms with Gasteiger partial charge in [-0.05, 0) is 0 Å². The summed E-state index contributed by atoms with van der Waals surface area (Å²) >= 11 is 0. The maximum atomic E-state index is 11.4. The first kappa shape index (κ1) is 9.52. The van der Waals surface area contributed by atoms with E-state index in [1.54, 1.807) is 0 Å². The summed E-state index contributed by atoms with van der Waals surface area (Å²) in [5, 5.41) is 0. The molecule has 0 aromatic carbocycles. The molecule has 0 unspecified atom stereocenters. The molecule has 1 rings (SSSR count). The second-order valence-electron chi connectivity index (χ2n) is 2.93. The maximum Gasteiger partial charge on any atom is 0.281 e. The smallest absolute Gasteiger partial charge is 0.195 e. The van der Waals surface area contributed by atoms with Crippen LogP contribution in [0.4, 0.5) is 0 Å². The molecule has 0 atom stereocenters. The van der Waals surface area contributed by atoms with Crippen LogP contribution in [0.25, 0.3) is 0 Å². The van der Waals surface area contributed by atoms with Crippen molar-refractivity contribution < 1.29 is 8.42 Å². The number of hydrogen-bond donors (Lipinski definition) is 0. The molecule has 0 aromatic heterocycles. The van der Waals surface area contributed by atoms with Gasteiger partial charge in [0.15, 0.2) is 0 Å². The predicted octanol–water partition coefficient (Wildman–Crippen LogP) is -0.642. The Morgan fingerprint density at radius 1 is 1.33 bits per heavy atom. The molecule has 0 bridgehead atoms. The Bertz CT molecular complexity index is 286. The normalized spacial score (nSPS) is 26.8. The minimum absolute atomic E-state index is 0.00326. The predicted molar refractivity (Wildman–Crippen MR) is 46.5 cm³/mol. The van der Waals surface area contributed by atoms with Crippen molar-refractivity contribution in [3.8, 4) is 12.3 Å². The zero-order valence-electron chi connectivity index (χ0n) is 7.19. The molecule has 4 nitrogen and oxygen atoms in total. The zero-order chi connectivity index (χ0) is 9.35. The fourth-order valence-electron chi connectivity index (χ4n) is 1.21. The van der Waals surface area contributed by atoms with E-state index in [1.807, 2.05) is 0 Å². The second-order valence-corrected chi connectivity index (χ2v) is 5.07. The van der Waals surface area contributed by atoms with E-state index in [1.165, 1.54) is 22.7 Å². The first-order valence-electron chi connectivity index (χ1n) is 3.62. The van der Waals surface area contributed by atoms with Crippen LogP contribution in [-0.2, 0) is 10.2 Å². The third-order valence-corrected chi connectivity index (χ3v) is 3.85. The molecule has 0 spiro atoms. The quantitative estimate of drug-likeness (QED) is 0.474. The summed E-state index contributed by atoms with van der Waals surface area (Å²) in [5.41, 5.74) is 0. The van der Waals surface area contributed by atoms with Crippen molar-refractivity contribution in [3.05, 3.63) is 0 Å². The number of terminal acetylenes is 1. The molecule has 0 radical (unpaired) electrons. The largest absolute Gasteiger partial charge is 0.281 e. The fourth-order valence-corrected chi connectivity index (χ4v) is 2.42. The highest BCUT2D eigenvalue weighted by Crippen LogP contribution is 2.15. The molecule has 12 heavy (non-hydrogen) atoms. The first-order chi connectivity index (χ1) is 5.48. The van der Waals surface area contributed by atoms with Gasteiger partial charge in [0, 0.05) is 33.1 Å². The van der Waals surface area contributed by atoms with Gasteiger partial charge in [0.2, 0.25) is 0 Å². The van der Waals surface area contributed by atoms with Crippen molar-refractivity contribution >= 4 is 10.2 Å². The van der Waals surface area contributed by atoms with E-state index in [-0.39, 0.29) is 5.92 Å². The van der Waals surface area contributed by atoms with Crippen molar-refractivity contribution in [1.29, 1.82) is 0 Å². The van der Waals surface area contributed by atoms with Crippen LogP contribution in [-0.4, -0.2) is 44.2 Å². The fraction of sp³-hybridized carbons (Fsp3) is 0.714. The average Bonchev–Trinajstić information content (AvgIpc) is 2.00. The summed E-state index contributed by atoms with van der Waals surface area (Å²) < 4.78 is 25.3. The van der Waals surface area contributed by atoms with Crippen LogP contribution in [0.15, 0.2) is 0 Å². The number of rotatable bonds is 0. The Hall–Kier alpha value is -0.570. The minimum atomic E-state index is -3.21. The molecule has 0 N–H and O–H groups in total. The van der Waals surface area contributed by atoms with Gasteiger partial charge in [-0.3, -0.25) is 0 Å². The van der Waals surface area contributed by atoms with Crippen LogP contribution in [0, 0.1) is 18.3 Å². The summed E-state index contributed by atoms with van der Waals surface area (Å²) in [6.45, 7) is 0.840. The summed E-state index contributed by atoms with van der Waals surface area (Å²) in [6, 6.07) is 0. The molecule has 1 fully saturated rings. The lowest BCUT2D eigenvalue weighted by Crippen LogP contribution is -2.49. The third-order valence-electron chi connectivity index (χ3n) is 1.98. The molecular weight excluding hydrogens is 176 g/mol. The Balaban J connectivity index is 2.87. The summed E-state index contributed by atoms with van der Waals surface area (Å²) in [7, 11) is -0.138. The van der Waals surface area contributed by atoms with E-state index in [4.69, 9.17) is 6.42 Å². The van der Waals surface area contributed by atoms with Gasteiger partial charge in [-0.25, -0.2) is 0 Å². The van der Waals surface area contributed by atoms with E-state index in [0.29, 0.717) is 13.1 Å². The van der Waals surface area contributed by atoms with Gasteiger partial charge in [-0.15, -0.1) is 12.3 Å². The molecule has 1 saturated heterocycles. The highest BCUT2D eigenvalue weighted by Gasteiger charge is 2.32. The summed E-state index contributed by atoms with van der Waals surface area (Å²) in [5.74, 6) is 2.56. The van der Waals surface area contributed by atoms with Gasteiger partial charge in [0.05, 0.1) is 0 Å². The Labute approximate surface area is 73.3 Å². The average molecular weight is 188 g/mol. The lowest BCUT2D eigenvalue weighted by Gasteiger charge is -2.32. The van der Waals surface area contributed by atoms with Gasteiger partial charge in [-0.2, -0.15) is 17.0 Å². The standard InChI is InChI=1S/C7H12N2O2S/c1-4-7-5-8(2)12(10,11)9(3)6-7/h1,7H,5-6H2,2-3H3. The van der Waals surface area contributed by atoms with Crippen LogP contribution in [0.3, 0.4) is 0 Å². The summed E-state index contributed by atoms with van der Waals surface area (Å²) in [4.78, 5) is 0. The number of hydrogen-bond acceptors (Lipinski definition) is 2. The lowest BCUT2D eigenvalue weighted by molar-refractivity contribution is 0.301. The SMILES string of the molecule is C#CC1CN(C)S(=O)(=O)N(C)C1. The molecule has 0 amide bonds. The van der Waals surface area contributed by atoms with Crippen LogP contribution in [0.1, 0.15) is 0 Å². The van der Waals surface area contributed by atoms with Gasteiger partial charge in [0.1, 0.15) is 0 Å². The highest BCUT2D eigenvalue weighted by molar-refractivity contribution is 7.86. The number of nitrogens with zero attached hydrogens (tertiary/aromatic N) is 2. The Morgan fingerprint density at radius 2 is 1.75 bits per heavy atom. The topological polar surface area (TPSA) is 40.6 Å². The van der Waals surface area contributed by atoms with E-state index in [0.717, 1.165) is 0 Å². The van der Waals surface area contributed by atoms with Crippen molar-refractivity contribution in [1.82, 2.24) is 8.61 Å². The molecule has 1 aliphatic heterocycles. The van der Waals surface area contributed by atoms with Crippen LogP contribution in [0.5, 0.6) is 0 Å². The van der Waals surface area contributed by atoms with Crippen molar-refractivity contribution in [3.63, 3.8) is 0 Å². The first-order valence-corrected chi connectivity index (χ1v) is 5.02. The van der Waals surface area contributed by atoms with E-state index < -0.39 is 10.2 Å². The van der Waals surface area contributed by atoms with Crippen molar-refractivity contribution in [2.24, 2.45) is 5.92 Å². The van der Waals surface area contributed by atoms with Crippen LogP contribution in [0.2, 0.25) is 0 Å². The van der Waals surface area contributed by atoms with E-state index in [2.05, 4.69) is 5.92 Å². The zero-order valence-corrected chi connectivity index (χ0v) is 8.00. The Morgan fingerprint density at radius 3 is 2.08 bits per heavy atom. The molecule has 68 valence electrons. The minimum Gasteiger partial charge on any atom is -0.195 e. The molecule has 0 aromatic rings. The van der Waals surface area contributed by atoms with Crippen molar-refractivity contribution in [2.45, 2.75) is 0 Å². The lowest BCUT2D eigenvalue weighted by atomic mass is 10.1. The van der Waals surface area contributed by atoms with Gasteiger partial charge < -0.3 is 0 Å². The molecular formula is C7H12N2O2S. The van der Waals surface area contributed by atoms with Gasteiger partial charge in [-0.1, -0.05) is 0 Å². The second kappa shape index (κ2) is 3.05. The monoisotopic (exact) mass is 188 g/mol. The molecule has 1 aliphatic rings. The van der Waals surface area contributed by atoms with Crippen LogP contribution >= 0.6 is 0 Å². The molecule has 0 aliphatic carbocycles. The summed E-state index contributed by atoms with van der Waals surface area (Å²) in [6.07, 6.45) is 5.22. The molecule has 5 heteroatoms. The van der Waals surface area contributed by atoms with Crippen molar-refractivity contribution in [2.75, 3.05) is 27.2 Å². The third kappa shape index (κ3) is 1.46. The Kier molecular flexibility index (Phi) is 2.42.